The number of carbonyl (C=O) groups is 1. The van der Waals surface area contributed by atoms with Crippen molar-refractivity contribution in [2.75, 3.05) is 0 Å². The maximum absolute atomic E-state index is 10.2. The van der Waals surface area contributed by atoms with Crippen molar-refractivity contribution in [1.29, 1.82) is 0 Å². The van der Waals surface area contributed by atoms with Crippen molar-refractivity contribution in [1.82, 2.24) is 0 Å². The molecule has 0 aliphatic heterocycles. The van der Waals surface area contributed by atoms with Crippen LogP contribution in [0.3, 0.4) is 0 Å². The second-order valence-corrected chi connectivity index (χ2v) is 2.10. The van der Waals surface area contributed by atoms with Gasteiger partial charge in [0, 0.05) is 0 Å². The molecule has 0 aromatic rings. The van der Waals surface area contributed by atoms with E-state index in [0.717, 1.165) is 12.8 Å². The summed E-state index contributed by atoms with van der Waals surface area (Å²) in [4.78, 5) is 10.2. The van der Waals surface area contributed by atoms with E-state index in [9.17, 15) is 4.79 Å². The lowest BCUT2D eigenvalue weighted by atomic mass is 10.2. The highest BCUT2D eigenvalue weighted by atomic mass is 16.3. The summed E-state index contributed by atoms with van der Waals surface area (Å²) in [5.74, 6) is -1.08. The Morgan fingerprint density at radius 3 is 2.70 bits per heavy atom. The molecule has 0 heterocycles. The van der Waals surface area contributed by atoms with Crippen LogP contribution < -0.4 is 5.73 Å². The van der Waals surface area contributed by atoms with Crippen LogP contribution in [0.25, 0.3) is 0 Å². The molecule has 0 saturated carbocycles. The van der Waals surface area contributed by atoms with E-state index in [0.29, 0.717) is 6.42 Å². The largest absolute Gasteiger partial charge is 0.503 e. The number of amides is 1. The first-order valence-electron chi connectivity index (χ1n) is 3.37. The molecule has 3 nitrogen and oxygen atoms in total. The number of aliphatic hydroxyl groups excluding tert-OH is 1. The molecule has 0 radical (unpaired) electrons. The van der Waals surface area contributed by atoms with Gasteiger partial charge in [0.25, 0.3) is 5.91 Å². The topological polar surface area (TPSA) is 63.3 Å². The van der Waals surface area contributed by atoms with Gasteiger partial charge in [-0.2, -0.15) is 0 Å². The minimum Gasteiger partial charge on any atom is -0.503 e. The predicted octanol–water partition coefficient (Wildman–Crippen LogP) is 1.10. The zero-order chi connectivity index (χ0) is 7.98. The Hall–Kier alpha value is -0.990. The molecular formula is C7H13NO2. The van der Waals surface area contributed by atoms with Gasteiger partial charge in [-0.1, -0.05) is 13.3 Å². The summed E-state index contributed by atoms with van der Waals surface area (Å²) in [6, 6.07) is 0. The number of hydrogen-bond donors (Lipinski definition) is 2. The monoisotopic (exact) mass is 143 g/mol. The normalized spacial score (nSPS) is 11.5. The molecule has 0 unspecified atom stereocenters. The second-order valence-electron chi connectivity index (χ2n) is 2.10. The Kier molecular flexibility index (Phi) is 4.37. The molecular weight excluding hydrogens is 130 g/mol. The minimum absolute atomic E-state index is 0.326. The Bertz CT molecular complexity index is 141. The lowest BCUT2D eigenvalue weighted by molar-refractivity contribution is -0.116. The van der Waals surface area contributed by atoms with Crippen molar-refractivity contribution < 1.29 is 9.90 Å². The number of aliphatic hydroxyl groups is 1. The van der Waals surface area contributed by atoms with E-state index in [1.165, 1.54) is 6.08 Å². The fourth-order valence-electron chi connectivity index (χ4n) is 0.543. The molecule has 0 aromatic heterocycles. The molecule has 0 aliphatic rings. The van der Waals surface area contributed by atoms with Crippen LogP contribution in [-0.2, 0) is 4.79 Å². The molecule has 0 fully saturated rings. The number of primary amides is 1. The van der Waals surface area contributed by atoms with E-state index in [4.69, 9.17) is 10.8 Å². The van der Waals surface area contributed by atoms with Gasteiger partial charge >= 0.3 is 0 Å². The number of allylic oxidation sites excluding steroid dienone is 1. The standard InChI is InChI=1S/C7H13NO2/c1-2-3-4-5-6(9)7(8)10/h5,9H,2-4H2,1H3,(H2,8,10). The highest BCUT2D eigenvalue weighted by Gasteiger charge is 1.97. The predicted molar refractivity (Wildman–Crippen MR) is 39.4 cm³/mol. The fraction of sp³-hybridized carbons (Fsp3) is 0.571. The van der Waals surface area contributed by atoms with E-state index in [1.807, 2.05) is 6.92 Å². The van der Waals surface area contributed by atoms with Gasteiger partial charge in [-0.15, -0.1) is 0 Å². The summed E-state index contributed by atoms with van der Waals surface area (Å²) >= 11 is 0. The Balaban J connectivity index is 3.58. The highest BCUT2D eigenvalue weighted by molar-refractivity contribution is 5.89. The molecule has 0 aliphatic carbocycles. The molecule has 58 valence electrons. The average Bonchev–Trinajstić information content (AvgIpc) is 1.88. The Morgan fingerprint density at radius 2 is 2.30 bits per heavy atom. The smallest absolute Gasteiger partial charge is 0.283 e. The quantitative estimate of drug-likeness (QED) is 0.351. The zero-order valence-electron chi connectivity index (χ0n) is 6.13. The molecule has 0 rings (SSSR count). The van der Waals surface area contributed by atoms with Crippen LogP contribution in [0.2, 0.25) is 0 Å². The van der Waals surface area contributed by atoms with E-state index in [1.54, 1.807) is 0 Å². The van der Waals surface area contributed by atoms with Gasteiger partial charge in [-0.05, 0) is 18.9 Å². The van der Waals surface area contributed by atoms with Crippen LogP contribution in [0.4, 0.5) is 0 Å². The molecule has 0 atom stereocenters. The first-order chi connectivity index (χ1) is 4.68. The van der Waals surface area contributed by atoms with Crippen LogP contribution in [0.1, 0.15) is 26.2 Å². The van der Waals surface area contributed by atoms with Crippen molar-refractivity contribution in [3.63, 3.8) is 0 Å². The molecule has 1 amide bonds. The average molecular weight is 143 g/mol. The van der Waals surface area contributed by atoms with Crippen molar-refractivity contribution in [2.24, 2.45) is 5.73 Å². The molecule has 3 heteroatoms. The van der Waals surface area contributed by atoms with Gasteiger partial charge in [0.1, 0.15) is 0 Å². The molecule has 0 bridgehead atoms. The van der Waals surface area contributed by atoms with Crippen molar-refractivity contribution in [3.05, 3.63) is 11.8 Å². The Labute approximate surface area is 60.5 Å². The lowest BCUT2D eigenvalue weighted by Crippen LogP contribution is -2.13. The number of nitrogens with two attached hydrogens (primary N) is 1. The van der Waals surface area contributed by atoms with Crippen LogP contribution >= 0.6 is 0 Å². The summed E-state index contributed by atoms with van der Waals surface area (Å²) in [5, 5.41) is 8.74. The van der Waals surface area contributed by atoms with E-state index in [-0.39, 0.29) is 5.76 Å². The van der Waals surface area contributed by atoms with Gasteiger partial charge in [0.15, 0.2) is 5.76 Å². The van der Waals surface area contributed by atoms with Crippen molar-refractivity contribution in [3.8, 4) is 0 Å². The second kappa shape index (κ2) is 4.85. The third kappa shape index (κ3) is 3.95. The molecule has 0 saturated heterocycles. The summed E-state index contributed by atoms with van der Waals surface area (Å²) < 4.78 is 0. The van der Waals surface area contributed by atoms with Crippen LogP contribution in [-0.4, -0.2) is 11.0 Å². The SMILES string of the molecule is CCCCC=C(O)C(N)=O. The van der Waals surface area contributed by atoms with Gasteiger partial charge in [0.2, 0.25) is 0 Å². The molecule has 10 heavy (non-hydrogen) atoms. The molecule has 0 aromatic carbocycles. The maximum atomic E-state index is 10.2. The van der Waals surface area contributed by atoms with Gasteiger partial charge in [-0.3, -0.25) is 4.79 Å². The van der Waals surface area contributed by atoms with Crippen LogP contribution in [0, 0.1) is 0 Å². The van der Waals surface area contributed by atoms with Crippen LogP contribution in [0.5, 0.6) is 0 Å². The third-order valence-electron chi connectivity index (χ3n) is 1.15. The highest BCUT2D eigenvalue weighted by Crippen LogP contribution is 1.97. The Morgan fingerprint density at radius 1 is 1.70 bits per heavy atom. The molecule has 0 spiro atoms. The fourth-order valence-corrected chi connectivity index (χ4v) is 0.543. The van der Waals surface area contributed by atoms with Gasteiger partial charge in [-0.25, -0.2) is 0 Å². The third-order valence-corrected chi connectivity index (χ3v) is 1.15. The summed E-state index contributed by atoms with van der Waals surface area (Å²) in [7, 11) is 0. The van der Waals surface area contributed by atoms with E-state index in [2.05, 4.69) is 0 Å². The summed E-state index contributed by atoms with van der Waals surface area (Å²) in [6.45, 7) is 2.04. The first-order valence-corrected chi connectivity index (χ1v) is 3.37. The van der Waals surface area contributed by atoms with Gasteiger partial charge in [0.05, 0.1) is 0 Å². The van der Waals surface area contributed by atoms with Crippen molar-refractivity contribution in [2.45, 2.75) is 26.2 Å². The van der Waals surface area contributed by atoms with E-state index >= 15 is 0 Å². The maximum Gasteiger partial charge on any atom is 0.283 e. The molecule has 3 N–H and O–H groups in total. The zero-order valence-corrected chi connectivity index (χ0v) is 6.13. The minimum atomic E-state index is -0.754. The number of carbonyl (C=O) groups excluding carboxylic acids is 1. The van der Waals surface area contributed by atoms with Crippen molar-refractivity contribution >= 4 is 5.91 Å². The summed E-state index contributed by atoms with van der Waals surface area (Å²) in [5.41, 5.74) is 4.76. The van der Waals surface area contributed by atoms with Gasteiger partial charge < -0.3 is 10.8 Å². The number of hydrogen-bond acceptors (Lipinski definition) is 2. The number of rotatable bonds is 4. The van der Waals surface area contributed by atoms with E-state index < -0.39 is 5.91 Å². The van der Waals surface area contributed by atoms with Crippen LogP contribution in [0.15, 0.2) is 11.8 Å². The number of unbranched alkanes of at least 4 members (excludes halogenated alkanes) is 2. The summed E-state index contributed by atoms with van der Waals surface area (Å²) in [6.07, 6.45) is 4.18. The lowest BCUT2D eigenvalue weighted by Gasteiger charge is -1.91. The first kappa shape index (κ1) is 9.01.